The molecule has 0 bridgehead atoms. The average Bonchev–Trinajstić information content (AvgIpc) is 2.38. The van der Waals surface area contributed by atoms with Crippen LogP contribution in [0.25, 0.3) is 0 Å². The van der Waals surface area contributed by atoms with Crippen molar-refractivity contribution in [2.75, 3.05) is 0 Å². The van der Waals surface area contributed by atoms with E-state index in [1.54, 1.807) is 20.8 Å². The van der Waals surface area contributed by atoms with E-state index in [9.17, 15) is 9.90 Å². The molecule has 2 atom stereocenters. The summed E-state index contributed by atoms with van der Waals surface area (Å²) >= 11 is 6.00. The summed E-state index contributed by atoms with van der Waals surface area (Å²) in [6.45, 7) is 9.26. The summed E-state index contributed by atoms with van der Waals surface area (Å²) in [7, 11) is 0. The van der Waals surface area contributed by atoms with Crippen LogP contribution in [0.15, 0.2) is 18.2 Å². The first kappa shape index (κ1) is 18.8. The lowest BCUT2D eigenvalue weighted by Gasteiger charge is -2.26. The Kier molecular flexibility index (Phi) is 6.69. The van der Waals surface area contributed by atoms with E-state index in [0.717, 1.165) is 11.1 Å². The van der Waals surface area contributed by atoms with Crippen LogP contribution in [-0.4, -0.2) is 28.9 Å². The Balaban J connectivity index is 2.65. The van der Waals surface area contributed by atoms with Crippen LogP contribution in [0.5, 0.6) is 0 Å². The highest BCUT2D eigenvalue weighted by Gasteiger charge is 2.23. The number of hydrogen-bond acceptors (Lipinski definition) is 3. The fourth-order valence-electron chi connectivity index (χ4n) is 2.15. The largest absolute Gasteiger partial charge is 0.444 e. The number of benzene rings is 1. The Bertz CT molecular complexity index is 511. The van der Waals surface area contributed by atoms with Gasteiger partial charge in [-0.1, -0.05) is 30.7 Å². The minimum Gasteiger partial charge on any atom is -0.444 e. The normalized spacial score (nSPS) is 14.3. The quantitative estimate of drug-likeness (QED) is 0.863. The predicted octanol–water partition coefficient (Wildman–Crippen LogP) is 3.86. The Morgan fingerprint density at radius 3 is 2.55 bits per heavy atom. The van der Waals surface area contributed by atoms with E-state index in [1.165, 1.54) is 0 Å². The lowest BCUT2D eigenvalue weighted by Crippen LogP contribution is -2.45. The zero-order chi connectivity index (χ0) is 16.9. The van der Waals surface area contributed by atoms with E-state index >= 15 is 0 Å². The van der Waals surface area contributed by atoms with E-state index in [2.05, 4.69) is 5.32 Å². The number of nitrogens with one attached hydrogen (secondary N) is 1. The number of rotatable bonds is 5. The number of alkyl carbamates (subject to hydrolysis) is 1. The molecule has 0 aliphatic carbocycles. The Morgan fingerprint density at radius 2 is 2.05 bits per heavy atom. The van der Waals surface area contributed by atoms with Crippen LogP contribution in [-0.2, 0) is 11.2 Å². The van der Waals surface area contributed by atoms with Crippen LogP contribution < -0.4 is 5.32 Å². The van der Waals surface area contributed by atoms with Gasteiger partial charge in [-0.25, -0.2) is 4.79 Å². The molecule has 5 heteroatoms. The van der Waals surface area contributed by atoms with Crippen LogP contribution in [0.3, 0.4) is 0 Å². The van der Waals surface area contributed by atoms with Gasteiger partial charge in [0.15, 0.2) is 0 Å². The van der Waals surface area contributed by atoms with Crippen molar-refractivity contribution in [2.45, 2.75) is 65.2 Å². The van der Waals surface area contributed by atoms with Crippen molar-refractivity contribution in [2.24, 2.45) is 0 Å². The first-order valence-electron chi connectivity index (χ1n) is 7.55. The van der Waals surface area contributed by atoms with Crippen LogP contribution in [0.4, 0.5) is 4.79 Å². The maximum atomic E-state index is 11.8. The second-order valence-corrected chi connectivity index (χ2v) is 6.92. The minimum absolute atomic E-state index is 0.356. The number of aliphatic hydroxyl groups excluding tert-OH is 1. The molecule has 0 saturated heterocycles. The molecule has 0 spiro atoms. The Morgan fingerprint density at radius 1 is 1.41 bits per heavy atom. The third-order valence-electron chi connectivity index (χ3n) is 3.27. The lowest BCUT2D eigenvalue weighted by atomic mass is 9.99. The van der Waals surface area contributed by atoms with Crippen molar-refractivity contribution in [3.05, 3.63) is 34.3 Å². The van der Waals surface area contributed by atoms with Gasteiger partial charge in [0.25, 0.3) is 0 Å². The molecule has 1 aromatic rings. The summed E-state index contributed by atoms with van der Waals surface area (Å²) in [5, 5.41) is 13.8. The van der Waals surface area contributed by atoms with Crippen molar-refractivity contribution < 1.29 is 14.6 Å². The number of carbonyl (C=O) groups excluding carboxylic acids is 1. The third-order valence-corrected chi connectivity index (χ3v) is 3.70. The molecule has 2 N–H and O–H groups in total. The molecule has 0 aliphatic rings. The average molecular weight is 328 g/mol. The van der Waals surface area contributed by atoms with Gasteiger partial charge < -0.3 is 15.2 Å². The van der Waals surface area contributed by atoms with E-state index in [1.807, 2.05) is 32.0 Å². The monoisotopic (exact) mass is 327 g/mol. The predicted molar refractivity (Wildman–Crippen MR) is 89.3 cm³/mol. The molecule has 1 aromatic carbocycles. The smallest absolute Gasteiger partial charge is 0.407 e. The van der Waals surface area contributed by atoms with Crippen molar-refractivity contribution in [3.63, 3.8) is 0 Å². The number of aryl methyl sites for hydroxylation is 1. The summed E-state index contributed by atoms with van der Waals surface area (Å²) in [6, 6.07) is 5.30. The van der Waals surface area contributed by atoms with Gasteiger partial charge in [0, 0.05) is 11.4 Å². The molecule has 0 heterocycles. The highest BCUT2D eigenvalue weighted by atomic mass is 35.5. The number of ether oxygens (including phenoxy) is 1. The third kappa shape index (κ3) is 6.24. The van der Waals surface area contributed by atoms with E-state index < -0.39 is 17.8 Å². The SMILES string of the molecule is CC[C@@H](NC(=O)OC(C)(C)C)C(O)Cc1ccc(Cl)c(C)c1. The lowest BCUT2D eigenvalue weighted by molar-refractivity contribution is 0.0419. The molecule has 4 nitrogen and oxygen atoms in total. The molecule has 1 amide bonds. The van der Waals surface area contributed by atoms with Gasteiger partial charge in [-0.3, -0.25) is 0 Å². The van der Waals surface area contributed by atoms with Crippen molar-refractivity contribution in [1.29, 1.82) is 0 Å². The maximum absolute atomic E-state index is 11.8. The number of carbonyl (C=O) groups is 1. The van der Waals surface area contributed by atoms with Crippen molar-refractivity contribution >= 4 is 17.7 Å². The van der Waals surface area contributed by atoms with E-state index in [-0.39, 0.29) is 6.04 Å². The van der Waals surface area contributed by atoms with Gasteiger partial charge in [-0.2, -0.15) is 0 Å². The van der Waals surface area contributed by atoms with Gasteiger partial charge >= 0.3 is 6.09 Å². The molecule has 0 aliphatic heterocycles. The topological polar surface area (TPSA) is 58.6 Å². The van der Waals surface area contributed by atoms with Crippen LogP contribution in [0.2, 0.25) is 5.02 Å². The number of amides is 1. The summed E-state index contributed by atoms with van der Waals surface area (Å²) < 4.78 is 5.23. The first-order chi connectivity index (χ1) is 10.1. The summed E-state index contributed by atoms with van der Waals surface area (Å²) in [4.78, 5) is 11.8. The summed E-state index contributed by atoms with van der Waals surface area (Å²) in [6.07, 6.45) is -0.122. The van der Waals surface area contributed by atoms with Crippen LogP contribution in [0.1, 0.15) is 45.2 Å². The molecule has 1 unspecified atom stereocenters. The number of hydrogen-bond donors (Lipinski definition) is 2. The zero-order valence-electron chi connectivity index (χ0n) is 13.9. The van der Waals surface area contributed by atoms with E-state index in [0.29, 0.717) is 17.9 Å². The molecule has 124 valence electrons. The minimum atomic E-state index is -0.682. The van der Waals surface area contributed by atoms with E-state index in [4.69, 9.17) is 16.3 Å². The maximum Gasteiger partial charge on any atom is 0.407 e. The molecule has 1 rings (SSSR count). The van der Waals surface area contributed by atoms with Gasteiger partial charge in [-0.15, -0.1) is 0 Å². The molecular weight excluding hydrogens is 302 g/mol. The standard InChI is InChI=1S/C17H26ClNO3/c1-6-14(19-16(21)22-17(3,4)5)15(20)10-12-7-8-13(18)11(2)9-12/h7-9,14-15,20H,6,10H2,1-5H3,(H,19,21)/t14-,15?/m1/s1. The number of halogens is 1. The fourth-order valence-corrected chi connectivity index (χ4v) is 2.26. The van der Waals surface area contributed by atoms with Gasteiger partial charge in [0.2, 0.25) is 0 Å². The fraction of sp³-hybridized carbons (Fsp3) is 0.588. The zero-order valence-corrected chi connectivity index (χ0v) is 14.7. The molecule has 0 radical (unpaired) electrons. The van der Waals surface area contributed by atoms with Gasteiger partial charge in [-0.05, 0) is 51.3 Å². The summed E-state index contributed by atoms with van der Waals surface area (Å²) in [5.41, 5.74) is 1.40. The van der Waals surface area contributed by atoms with Crippen LogP contribution in [0, 0.1) is 6.92 Å². The van der Waals surface area contributed by atoms with Crippen molar-refractivity contribution in [3.8, 4) is 0 Å². The van der Waals surface area contributed by atoms with Gasteiger partial charge in [0.1, 0.15) is 5.60 Å². The highest BCUT2D eigenvalue weighted by Crippen LogP contribution is 2.18. The summed E-state index contributed by atoms with van der Waals surface area (Å²) in [5.74, 6) is 0. The Labute approximate surface area is 137 Å². The van der Waals surface area contributed by atoms with Gasteiger partial charge in [0.05, 0.1) is 12.1 Å². The molecule has 0 fully saturated rings. The molecular formula is C17H26ClNO3. The number of aliphatic hydroxyl groups is 1. The highest BCUT2D eigenvalue weighted by molar-refractivity contribution is 6.31. The first-order valence-corrected chi connectivity index (χ1v) is 7.92. The second kappa shape index (κ2) is 7.84. The van der Waals surface area contributed by atoms with Crippen LogP contribution >= 0.6 is 11.6 Å². The molecule has 22 heavy (non-hydrogen) atoms. The second-order valence-electron chi connectivity index (χ2n) is 6.52. The molecule has 0 saturated carbocycles. The van der Waals surface area contributed by atoms with Crippen molar-refractivity contribution in [1.82, 2.24) is 5.32 Å². The molecule has 0 aromatic heterocycles. The Hall–Kier alpha value is -1.26.